The molecular formula is C32H38N2O3. The normalized spacial score (nSPS) is 14.2. The Kier molecular flexibility index (Phi) is 8.99. The molecule has 0 spiro atoms. The smallest absolute Gasteiger partial charge is 0.261 e. The molecule has 1 aliphatic carbocycles. The fourth-order valence-corrected chi connectivity index (χ4v) is 5.14. The zero-order valence-corrected chi connectivity index (χ0v) is 22.2. The van der Waals surface area contributed by atoms with Gasteiger partial charge >= 0.3 is 0 Å². The molecule has 5 nitrogen and oxygen atoms in total. The summed E-state index contributed by atoms with van der Waals surface area (Å²) in [5.74, 6) is 0.366. The van der Waals surface area contributed by atoms with Gasteiger partial charge in [-0.25, -0.2) is 0 Å². The van der Waals surface area contributed by atoms with E-state index >= 15 is 0 Å². The molecule has 0 unspecified atom stereocenters. The van der Waals surface area contributed by atoms with Gasteiger partial charge in [0.05, 0.1) is 0 Å². The Hall–Kier alpha value is -3.60. The number of benzene rings is 3. The molecule has 3 aromatic carbocycles. The van der Waals surface area contributed by atoms with Gasteiger partial charge in [-0.05, 0) is 73.6 Å². The van der Waals surface area contributed by atoms with Gasteiger partial charge in [0.25, 0.3) is 5.91 Å². The number of nitrogens with zero attached hydrogens (tertiary/aromatic N) is 1. The Morgan fingerprint density at radius 1 is 0.919 bits per heavy atom. The van der Waals surface area contributed by atoms with Crippen molar-refractivity contribution in [3.8, 4) is 5.75 Å². The molecule has 1 saturated carbocycles. The maximum atomic E-state index is 13.8. The maximum Gasteiger partial charge on any atom is 0.261 e. The molecule has 3 aromatic rings. The maximum absolute atomic E-state index is 13.8. The number of rotatable bonds is 10. The van der Waals surface area contributed by atoms with Crippen molar-refractivity contribution in [2.45, 2.75) is 71.5 Å². The number of amides is 2. The van der Waals surface area contributed by atoms with Crippen LogP contribution < -0.4 is 10.1 Å². The first-order chi connectivity index (χ1) is 17.9. The van der Waals surface area contributed by atoms with Gasteiger partial charge in [-0.15, -0.1) is 0 Å². The van der Waals surface area contributed by atoms with E-state index in [1.165, 1.54) is 0 Å². The zero-order chi connectivity index (χ0) is 26.2. The van der Waals surface area contributed by atoms with Crippen molar-refractivity contribution in [3.63, 3.8) is 0 Å². The summed E-state index contributed by atoms with van der Waals surface area (Å²) in [4.78, 5) is 29.2. The van der Waals surface area contributed by atoms with Gasteiger partial charge in [-0.2, -0.15) is 0 Å². The Bertz CT molecular complexity index is 1180. The van der Waals surface area contributed by atoms with Crippen LogP contribution in [0.3, 0.4) is 0 Å². The first-order valence-electron chi connectivity index (χ1n) is 13.3. The first-order valence-corrected chi connectivity index (χ1v) is 13.3. The van der Waals surface area contributed by atoms with Crippen LogP contribution in [-0.4, -0.2) is 35.4 Å². The van der Waals surface area contributed by atoms with Crippen LogP contribution >= 0.6 is 0 Å². The predicted molar refractivity (Wildman–Crippen MR) is 147 cm³/mol. The van der Waals surface area contributed by atoms with E-state index in [0.717, 1.165) is 53.5 Å². The van der Waals surface area contributed by atoms with Crippen LogP contribution in [0.1, 0.15) is 53.5 Å². The standard InChI is InChI=1S/C32H38N2O3/c1-23-17-24(2)19-29(18-23)37-22-31(35)34(21-27-14-8-7-11-25(27)3)30(20-26-12-5-4-6-13-26)32(36)33-28-15-9-10-16-28/h4-8,11-14,17-19,28,30H,9-10,15-16,20-22H2,1-3H3,(H,33,36)/t30-/m1/s1. The van der Waals surface area contributed by atoms with E-state index in [-0.39, 0.29) is 24.5 Å². The highest BCUT2D eigenvalue weighted by atomic mass is 16.5. The summed E-state index contributed by atoms with van der Waals surface area (Å²) in [7, 11) is 0. The monoisotopic (exact) mass is 498 g/mol. The van der Waals surface area contributed by atoms with Crippen LogP contribution in [-0.2, 0) is 22.6 Å². The van der Waals surface area contributed by atoms with Crippen LogP contribution in [0.15, 0.2) is 72.8 Å². The van der Waals surface area contributed by atoms with Crippen molar-refractivity contribution in [2.24, 2.45) is 0 Å². The topological polar surface area (TPSA) is 58.6 Å². The molecule has 37 heavy (non-hydrogen) atoms. The molecule has 0 aromatic heterocycles. The van der Waals surface area contributed by atoms with Crippen molar-refractivity contribution in [1.82, 2.24) is 10.2 Å². The van der Waals surface area contributed by atoms with Gasteiger partial charge in [0.15, 0.2) is 6.61 Å². The minimum atomic E-state index is -0.641. The molecule has 2 amide bonds. The van der Waals surface area contributed by atoms with E-state index in [1.54, 1.807) is 4.90 Å². The van der Waals surface area contributed by atoms with E-state index in [0.29, 0.717) is 18.7 Å². The van der Waals surface area contributed by atoms with Crippen LogP contribution in [0, 0.1) is 20.8 Å². The third-order valence-electron chi connectivity index (χ3n) is 7.13. The summed E-state index contributed by atoms with van der Waals surface area (Å²) in [5.41, 5.74) is 5.29. The summed E-state index contributed by atoms with van der Waals surface area (Å²) in [6.07, 6.45) is 4.69. The fourth-order valence-electron chi connectivity index (χ4n) is 5.14. The molecule has 0 heterocycles. The lowest BCUT2D eigenvalue weighted by molar-refractivity contribution is -0.143. The number of aryl methyl sites for hydroxylation is 3. The van der Waals surface area contributed by atoms with Crippen molar-refractivity contribution < 1.29 is 14.3 Å². The summed E-state index contributed by atoms with van der Waals surface area (Å²) in [6, 6.07) is 23.4. The van der Waals surface area contributed by atoms with E-state index in [9.17, 15) is 9.59 Å². The second-order valence-corrected chi connectivity index (χ2v) is 10.3. The quantitative estimate of drug-likeness (QED) is 0.391. The Labute approximate surface area is 220 Å². The van der Waals surface area contributed by atoms with Crippen LogP contribution in [0.2, 0.25) is 0 Å². The number of hydrogen-bond acceptors (Lipinski definition) is 3. The Balaban J connectivity index is 1.62. The van der Waals surface area contributed by atoms with Crippen molar-refractivity contribution in [3.05, 3.63) is 101 Å². The van der Waals surface area contributed by atoms with Crippen LogP contribution in [0.4, 0.5) is 0 Å². The Morgan fingerprint density at radius 3 is 2.24 bits per heavy atom. The van der Waals surface area contributed by atoms with Gasteiger partial charge < -0.3 is 15.0 Å². The number of carbonyl (C=O) groups is 2. The molecule has 1 N–H and O–H groups in total. The molecule has 0 aliphatic heterocycles. The summed E-state index contributed by atoms with van der Waals surface area (Å²) in [5, 5.41) is 3.25. The van der Waals surface area contributed by atoms with E-state index < -0.39 is 6.04 Å². The minimum Gasteiger partial charge on any atom is -0.484 e. The van der Waals surface area contributed by atoms with Gasteiger partial charge in [0, 0.05) is 19.0 Å². The van der Waals surface area contributed by atoms with Gasteiger partial charge in [0.2, 0.25) is 5.91 Å². The molecule has 4 rings (SSSR count). The highest BCUT2D eigenvalue weighted by Gasteiger charge is 2.32. The van der Waals surface area contributed by atoms with Crippen LogP contribution in [0.5, 0.6) is 5.75 Å². The third-order valence-corrected chi connectivity index (χ3v) is 7.13. The van der Waals surface area contributed by atoms with Crippen molar-refractivity contribution in [1.29, 1.82) is 0 Å². The largest absolute Gasteiger partial charge is 0.484 e. The molecule has 5 heteroatoms. The number of hydrogen-bond donors (Lipinski definition) is 1. The molecule has 1 fully saturated rings. The summed E-state index contributed by atoms with van der Waals surface area (Å²) in [6.45, 7) is 6.27. The highest BCUT2D eigenvalue weighted by Crippen LogP contribution is 2.22. The number of ether oxygens (including phenoxy) is 1. The molecular weight excluding hydrogens is 460 g/mol. The minimum absolute atomic E-state index is 0.0934. The second-order valence-electron chi connectivity index (χ2n) is 10.3. The van der Waals surface area contributed by atoms with Gasteiger partial charge in [-0.1, -0.05) is 73.5 Å². The van der Waals surface area contributed by atoms with Crippen molar-refractivity contribution >= 4 is 11.8 Å². The zero-order valence-electron chi connectivity index (χ0n) is 22.2. The highest BCUT2D eigenvalue weighted by molar-refractivity contribution is 5.88. The lowest BCUT2D eigenvalue weighted by Gasteiger charge is -2.32. The van der Waals surface area contributed by atoms with Crippen molar-refractivity contribution in [2.75, 3.05) is 6.61 Å². The van der Waals surface area contributed by atoms with E-state index in [2.05, 4.69) is 11.4 Å². The predicted octanol–water partition coefficient (Wildman–Crippen LogP) is 5.69. The molecule has 194 valence electrons. The average Bonchev–Trinajstić information content (AvgIpc) is 3.39. The first kappa shape index (κ1) is 26.5. The van der Waals surface area contributed by atoms with E-state index in [4.69, 9.17) is 4.74 Å². The third kappa shape index (κ3) is 7.45. The molecule has 0 saturated heterocycles. The number of nitrogens with one attached hydrogen (secondary N) is 1. The SMILES string of the molecule is Cc1cc(C)cc(OCC(=O)N(Cc2ccccc2C)[C@H](Cc2ccccc2)C(=O)NC2CCCC2)c1. The fraction of sp³-hybridized carbons (Fsp3) is 0.375. The summed E-state index contributed by atoms with van der Waals surface area (Å²) >= 11 is 0. The molecule has 0 bridgehead atoms. The second kappa shape index (κ2) is 12.6. The lowest BCUT2D eigenvalue weighted by Crippen LogP contribution is -2.53. The van der Waals surface area contributed by atoms with Gasteiger partial charge in [-0.3, -0.25) is 9.59 Å². The Morgan fingerprint density at radius 2 is 1.57 bits per heavy atom. The lowest BCUT2D eigenvalue weighted by atomic mass is 10.0. The molecule has 1 aliphatic rings. The summed E-state index contributed by atoms with van der Waals surface area (Å²) < 4.78 is 5.97. The van der Waals surface area contributed by atoms with Crippen LogP contribution in [0.25, 0.3) is 0 Å². The van der Waals surface area contributed by atoms with E-state index in [1.807, 2.05) is 87.5 Å². The average molecular weight is 499 g/mol. The number of carbonyl (C=O) groups excluding carboxylic acids is 2. The van der Waals surface area contributed by atoms with Gasteiger partial charge in [0.1, 0.15) is 11.8 Å². The molecule has 1 atom stereocenters. The molecule has 0 radical (unpaired) electrons.